The van der Waals surface area contributed by atoms with Crippen molar-refractivity contribution >= 4 is 73.9 Å². The predicted octanol–water partition coefficient (Wildman–Crippen LogP) is 6.36. The van der Waals surface area contributed by atoms with Crippen LogP contribution in [0.4, 0.5) is 10.5 Å². The van der Waals surface area contributed by atoms with Crippen LogP contribution in [0.25, 0.3) is 6.08 Å². The van der Waals surface area contributed by atoms with Gasteiger partial charge in [-0.25, -0.2) is 9.69 Å². The lowest BCUT2D eigenvalue weighted by Crippen LogP contribution is -2.54. The van der Waals surface area contributed by atoms with E-state index in [4.69, 9.17) is 25.3 Å². The average molecular weight is 759 g/mol. The van der Waals surface area contributed by atoms with Gasteiger partial charge in [-0.15, -0.1) is 0 Å². The van der Waals surface area contributed by atoms with Crippen LogP contribution in [0, 0.1) is 3.57 Å². The molecule has 0 spiro atoms. The molecule has 4 aromatic rings. The number of hydrogen-bond donors (Lipinski definition) is 1. The number of urea groups is 1. The van der Waals surface area contributed by atoms with E-state index < -0.39 is 28.0 Å². The first-order chi connectivity index (χ1) is 21.6. The molecule has 0 aliphatic carbocycles. The number of nitrogens with one attached hydrogen (secondary N) is 1. The van der Waals surface area contributed by atoms with Crippen LogP contribution in [0.2, 0.25) is 5.02 Å². The number of barbiturate groups is 1. The number of halogens is 2. The van der Waals surface area contributed by atoms with Gasteiger partial charge >= 0.3 is 16.1 Å². The van der Waals surface area contributed by atoms with Crippen LogP contribution in [0.1, 0.15) is 18.1 Å². The molecule has 0 radical (unpaired) electrons. The van der Waals surface area contributed by atoms with Gasteiger partial charge in [-0.05, 0) is 107 Å². The van der Waals surface area contributed by atoms with Crippen molar-refractivity contribution in [1.29, 1.82) is 0 Å². The second-order valence-corrected chi connectivity index (χ2v) is 12.6. The number of rotatable bonds is 10. The normalized spacial score (nSPS) is 14.3. The molecule has 1 heterocycles. The number of nitrogens with zero attached hydrogens (tertiary/aromatic N) is 1. The van der Waals surface area contributed by atoms with E-state index in [0.29, 0.717) is 26.5 Å². The fourth-order valence-corrected chi connectivity index (χ4v) is 6.23. The first-order valence-electron chi connectivity index (χ1n) is 13.4. The molecular weight excluding hydrogens is 735 g/mol. The quantitative estimate of drug-likeness (QED) is 0.0858. The van der Waals surface area contributed by atoms with Gasteiger partial charge < -0.3 is 13.7 Å². The van der Waals surface area contributed by atoms with E-state index in [1.807, 2.05) is 52.9 Å². The van der Waals surface area contributed by atoms with Crippen LogP contribution in [-0.2, 0) is 26.3 Å². The summed E-state index contributed by atoms with van der Waals surface area (Å²) in [5.41, 5.74) is 1.21. The molecule has 0 atom stereocenters. The summed E-state index contributed by atoms with van der Waals surface area (Å²) in [4.78, 5) is 39.7. The van der Waals surface area contributed by atoms with E-state index in [-0.39, 0.29) is 34.3 Å². The molecule has 4 aromatic carbocycles. The zero-order chi connectivity index (χ0) is 32.1. The Morgan fingerprint density at radius 1 is 0.911 bits per heavy atom. The Kier molecular flexibility index (Phi) is 9.75. The number of imide groups is 2. The molecule has 13 heteroatoms. The van der Waals surface area contributed by atoms with Crippen molar-refractivity contribution in [3.63, 3.8) is 0 Å². The minimum Gasteiger partial charge on any atom is -0.490 e. The zero-order valence-electron chi connectivity index (χ0n) is 23.5. The van der Waals surface area contributed by atoms with Gasteiger partial charge in [0, 0.05) is 5.02 Å². The third-order valence-electron chi connectivity index (χ3n) is 6.38. The van der Waals surface area contributed by atoms with Gasteiger partial charge in [0.2, 0.25) is 0 Å². The molecule has 1 saturated heterocycles. The molecule has 5 rings (SSSR count). The Morgan fingerprint density at radius 3 is 2.27 bits per heavy atom. The summed E-state index contributed by atoms with van der Waals surface area (Å²) in [7, 11) is -4.25. The molecule has 1 N–H and O–H groups in total. The van der Waals surface area contributed by atoms with Crippen molar-refractivity contribution in [3.05, 3.63) is 116 Å². The molecule has 1 aliphatic rings. The number of anilines is 1. The number of carbonyl (C=O) groups is 3. The lowest BCUT2D eigenvalue weighted by atomic mass is 10.1. The molecular formula is C32H24ClIN2O8S. The highest BCUT2D eigenvalue weighted by atomic mass is 127. The van der Waals surface area contributed by atoms with Crippen LogP contribution in [0.15, 0.2) is 101 Å². The molecule has 0 bridgehead atoms. The van der Waals surface area contributed by atoms with Gasteiger partial charge in [0.25, 0.3) is 11.8 Å². The van der Waals surface area contributed by atoms with Crippen molar-refractivity contribution in [2.45, 2.75) is 18.4 Å². The lowest BCUT2D eigenvalue weighted by Gasteiger charge is -2.26. The maximum Gasteiger partial charge on any atom is 0.339 e. The summed E-state index contributed by atoms with van der Waals surface area (Å²) < 4.78 is 43.1. The highest BCUT2D eigenvalue weighted by Crippen LogP contribution is 2.37. The summed E-state index contributed by atoms with van der Waals surface area (Å²) in [6.07, 6.45) is 1.29. The van der Waals surface area contributed by atoms with Crippen molar-refractivity contribution in [3.8, 4) is 17.2 Å². The maximum absolute atomic E-state index is 13.5. The second kappa shape index (κ2) is 13.7. The highest BCUT2D eigenvalue weighted by Gasteiger charge is 2.37. The van der Waals surface area contributed by atoms with Crippen LogP contribution in [0.3, 0.4) is 0 Å². The average Bonchev–Trinajstić information content (AvgIpc) is 3.01. The van der Waals surface area contributed by atoms with Crippen LogP contribution in [0.5, 0.6) is 17.2 Å². The van der Waals surface area contributed by atoms with Gasteiger partial charge in [-0.1, -0.05) is 41.9 Å². The molecule has 1 aliphatic heterocycles. The molecule has 0 saturated carbocycles. The molecule has 0 aromatic heterocycles. The Bertz CT molecular complexity index is 1900. The number of hydrogen-bond acceptors (Lipinski definition) is 8. The Balaban J connectivity index is 1.40. The SMILES string of the molecule is CCOc1cc(/C=C2\C(=O)NC(=O)N(c3ccc(OCc4ccccc4)cc3)C2=O)cc(I)c1OS(=O)(=O)c1ccc(Cl)cc1. The van der Waals surface area contributed by atoms with Crippen molar-refractivity contribution in [2.24, 2.45) is 0 Å². The van der Waals surface area contributed by atoms with Gasteiger partial charge in [0.05, 0.1) is 15.9 Å². The molecule has 45 heavy (non-hydrogen) atoms. The van der Waals surface area contributed by atoms with Crippen LogP contribution >= 0.6 is 34.2 Å². The summed E-state index contributed by atoms with van der Waals surface area (Å²) >= 11 is 7.75. The zero-order valence-corrected chi connectivity index (χ0v) is 27.3. The van der Waals surface area contributed by atoms with Crippen molar-refractivity contribution < 1.29 is 36.5 Å². The Morgan fingerprint density at radius 2 is 1.60 bits per heavy atom. The van der Waals surface area contributed by atoms with Crippen molar-refractivity contribution in [2.75, 3.05) is 11.5 Å². The van der Waals surface area contributed by atoms with E-state index in [1.54, 1.807) is 19.1 Å². The summed E-state index contributed by atoms with van der Waals surface area (Å²) in [5, 5.41) is 2.55. The van der Waals surface area contributed by atoms with Crippen LogP contribution < -0.4 is 23.9 Å². The number of carbonyl (C=O) groups excluding carboxylic acids is 3. The standard InChI is InChI=1S/C32H24ClIN2O8S/c1-2-42-28-18-21(17-27(34)29(28)44-45(40,41)25-14-8-22(33)9-15-25)16-26-30(37)35-32(39)36(31(26)38)23-10-12-24(13-11-23)43-19-20-6-4-3-5-7-20/h3-18H,2,19H2,1H3,(H,35,37,39)/b26-16+. The summed E-state index contributed by atoms with van der Waals surface area (Å²) in [5.74, 6) is -1.21. The fraction of sp³-hybridized carbons (Fsp3) is 0.0938. The smallest absolute Gasteiger partial charge is 0.339 e. The predicted molar refractivity (Wildman–Crippen MR) is 176 cm³/mol. The Labute approximate surface area is 277 Å². The fourth-order valence-electron chi connectivity index (χ4n) is 4.27. The molecule has 0 unspecified atom stereocenters. The summed E-state index contributed by atoms with van der Waals surface area (Å²) in [6.45, 7) is 2.21. The molecule has 4 amide bonds. The van der Waals surface area contributed by atoms with Gasteiger partial charge in [-0.2, -0.15) is 8.42 Å². The van der Waals surface area contributed by atoms with Gasteiger partial charge in [0.15, 0.2) is 11.5 Å². The minimum absolute atomic E-state index is 0.0662. The first-order valence-corrected chi connectivity index (χ1v) is 16.3. The largest absolute Gasteiger partial charge is 0.490 e. The Hall–Kier alpha value is -4.40. The third-order valence-corrected chi connectivity index (χ3v) is 8.67. The van der Waals surface area contributed by atoms with E-state index in [2.05, 4.69) is 5.32 Å². The third kappa shape index (κ3) is 7.47. The molecule has 1 fully saturated rings. The topological polar surface area (TPSA) is 128 Å². The maximum atomic E-state index is 13.5. The number of benzene rings is 4. The number of ether oxygens (including phenoxy) is 2. The molecule has 230 valence electrons. The van der Waals surface area contributed by atoms with Crippen LogP contribution in [-0.4, -0.2) is 32.9 Å². The molecule has 10 nitrogen and oxygen atoms in total. The van der Waals surface area contributed by atoms with E-state index in [0.717, 1.165) is 10.5 Å². The second-order valence-electron chi connectivity index (χ2n) is 9.48. The monoisotopic (exact) mass is 758 g/mol. The van der Waals surface area contributed by atoms with Crippen molar-refractivity contribution in [1.82, 2.24) is 5.32 Å². The number of amides is 4. The van der Waals surface area contributed by atoms with E-state index in [1.165, 1.54) is 54.6 Å². The minimum atomic E-state index is -4.25. The van der Waals surface area contributed by atoms with E-state index in [9.17, 15) is 22.8 Å². The van der Waals surface area contributed by atoms with E-state index >= 15 is 0 Å². The lowest BCUT2D eigenvalue weighted by molar-refractivity contribution is -0.122. The first kappa shape index (κ1) is 32.0. The van der Waals surface area contributed by atoms with Gasteiger partial charge in [-0.3, -0.25) is 14.9 Å². The van der Waals surface area contributed by atoms with Gasteiger partial charge in [0.1, 0.15) is 22.8 Å². The summed E-state index contributed by atoms with van der Waals surface area (Å²) in [6, 6.07) is 23.4. The highest BCUT2D eigenvalue weighted by molar-refractivity contribution is 14.1.